The van der Waals surface area contributed by atoms with Gasteiger partial charge < -0.3 is 0 Å². The van der Waals surface area contributed by atoms with Gasteiger partial charge in [-0.3, -0.25) is 10.1 Å². The molecule has 156 valence electrons. The van der Waals surface area contributed by atoms with Gasteiger partial charge in [0.05, 0.1) is 10.6 Å². The van der Waals surface area contributed by atoms with Crippen molar-refractivity contribution in [2.45, 2.75) is 31.1 Å². The van der Waals surface area contributed by atoms with Crippen LogP contribution in [0.15, 0.2) is 58.8 Å². The first-order valence-electron chi connectivity index (χ1n) is 9.94. The highest BCUT2D eigenvalue weighted by molar-refractivity contribution is 7.89. The van der Waals surface area contributed by atoms with Crippen molar-refractivity contribution in [2.24, 2.45) is 0 Å². The van der Waals surface area contributed by atoms with Crippen LogP contribution in [0.4, 0.5) is 5.13 Å². The predicted molar refractivity (Wildman–Crippen MR) is 119 cm³/mol. The number of sulfonamides is 1. The quantitative estimate of drug-likeness (QED) is 0.615. The lowest BCUT2D eigenvalue weighted by Gasteiger charge is -2.15. The second-order valence-electron chi connectivity index (χ2n) is 7.18. The molecular formula is C22H23N3O3S2. The van der Waals surface area contributed by atoms with E-state index in [0.29, 0.717) is 23.8 Å². The maximum atomic E-state index is 12.6. The van der Waals surface area contributed by atoms with Crippen molar-refractivity contribution in [3.05, 3.63) is 65.0 Å². The summed E-state index contributed by atoms with van der Waals surface area (Å²) >= 11 is 1.36. The Bertz CT molecular complexity index is 1130. The first kappa shape index (κ1) is 20.7. The Hall–Kier alpha value is -2.55. The minimum atomic E-state index is -3.48. The van der Waals surface area contributed by atoms with E-state index in [0.717, 1.165) is 30.5 Å². The van der Waals surface area contributed by atoms with Crippen LogP contribution in [-0.2, 0) is 16.4 Å². The van der Waals surface area contributed by atoms with Crippen molar-refractivity contribution in [2.75, 3.05) is 18.4 Å². The molecule has 0 saturated carbocycles. The molecule has 1 amide bonds. The van der Waals surface area contributed by atoms with E-state index in [2.05, 4.69) is 29.4 Å². The molecule has 1 N–H and O–H groups in total. The summed E-state index contributed by atoms with van der Waals surface area (Å²) in [6, 6.07) is 14.3. The highest BCUT2D eigenvalue weighted by atomic mass is 32.2. The van der Waals surface area contributed by atoms with Crippen LogP contribution in [0.2, 0.25) is 0 Å². The van der Waals surface area contributed by atoms with E-state index in [1.54, 1.807) is 0 Å². The molecule has 2 aromatic carbocycles. The summed E-state index contributed by atoms with van der Waals surface area (Å²) in [5.74, 6) is -0.317. The van der Waals surface area contributed by atoms with Gasteiger partial charge in [0.25, 0.3) is 5.91 Å². The molecule has 30 heavy (non-hydrogen) atoms. The van der Waals surface area contributed by atoms with Gasteiger partial charge in [0.1, 0.15) is 0 Å². The van der Waals surface area contributed by atoms with Gasteiger partial charge in [0, 0.05) is 29.6 Å². The van der Waals surface area contributed by atoms with Crippen molar-refractivity contribution in [1.29, 1.82) is 0 Å². The second-order valence-corrected chi connectivity index (χ2v) is 9.97. The van der Waals surface area contributed by atoms with Crippen molar-refractivity contribution < 1.29 is 13.2 Å². The molecule has 1 aromatic heterocycles. The molecular weight excluding hydrogens is 418 g/mol. The molecule has 6 nitrogen and oxygen atoms in total. The number of carbonyl (C=O) groups is 1. The number of carbonyl (C=O) groups excluding carboxylic acids is 1. The van der Waals surface area contributed by atoms with Gasteiger partial charge in [-0.05, 0) is 49.1 Å². The predicted octanol–water partition coefficient (Wildman–Crippen LogP) is 4.41. The van der Waals surface area contributed by atoms with E-state index in [1.807, 2.05) is 17.5 Å². The van der Waals surface area contributed by atoms with Crippen LogP contribution in [0.1, 0.15) is 35.7 Å². The smallest absolute Gasteiger partial charge is 0.257 e. The number of amides is 1. The molecule has 4 rings (SSSR count). The van der Waals surface area contributed by atoms with Crippen LogP contribution in [0, 0.1) is 0 Å². The zero-order valence-electron chi connectivity index (χ0n) is 16.7. The Balaban J connectivity index is 1.44. The summed E-state index contributed by atoms with van der Waals surface area (Å²) in [6.45, 7) is 3.22. The third-order valence-corrected chi connectivity index (χ3v) is 7.87. The van der Waals surface area contributed by atoms with E-state index in [1.165, 1.54) is 45.5 Å². The van der Waals surface area contributed by atoms with Crippen LogP contribution in [0.25, 0.3) is 11.3 Å². The summed E-state index contributed by atoms with van der Waals surface area (Å²) in [6.07, 6.45) is 2.76. The summed E-state index contributed by atoms with van der Waals surface area (Å²) in [7, 11) is -3.48. The third kappa shape index (κ3) is 4.30. The molecule has 0 unspecified atom stereocenters. The Morgan fingerprint density at radius 1 is 1.07 bits per heavy atom. The summed E-state index contributed by atoms with van der Waals surface area (Å²) in [4.78, 5) is 17.3. The highest BCUT2D eigenvalue weighted by Crippen LogP contribution is 2.26. The van der Waals surface area contributed by atoms with E-state index in [9.17, 15) is 13.2 Å². The number of hydrogen-bond acceptors (Lipinski definition) is 5. The maximum Gasteiger partial charge on any atom is 0.257 e. The average molecular weight is 442 g/mol. The number of anilines is 1. The molecule has 1 saturated heterocycles. The minimum absolute atomic E-state index is 0.216. The number of hydrogen-bond donors (Lipinski definition) is 1. The summed E-state index contributed by atoms with van der Waals surface area (Å²) in [5, 5.41) is 5.20. The number of thiazole rings is 1. The fourth-order valence-corrected chi connectivity index (χ4v) is 5.63. The van der Waals surface area contributed by atoms with Gasteiger partial charge >= 0.3 is 0 Å². The van der Waals surface area contributed by atoms with Crippen molar-refractivity contribution in [1.82, 2.24) is 9.29 Å². The summed E-state index contributed by atoms with van der Waals surface area (Å²) in [5.41, 5.74) is 3.46. The van der Waals surface area contributed by atoms with Gasteiger partial charge in [-0.2, -0.15) is 4.31 Å². The fraction of sp³-hybridized carbons (Fsp3) is 0.273. The SMILES string of the molecule is CCc1ccc(-c2csc(NC(=O)c3ccc(S(=O)(=O)N4CCCC4)cc3)n2)cc1. The Labute approximate surface area is 180 Å². The topological polar surface area (TPSA) is 79.4 Å². The Kier molecular flexibility index (Phi) is 5.99. The Morgan fingerprint density at radius 3 is 2.37 bits per heavy atom. The van der Waals surface area contributed by atoms with Crippen LogP contribution in [-0.4, -0.2) is 36.7 Å². The van der Waals surface area contributed by atoms with Gasteiger partial charge in [0.2, 0.25) is 10.0 Å². The molecule has 2 heterocycles. The third-order valence-electron chi connectivity index (χ3n) is 5.20. The highest BCUT2D eigenvalue weighted by Gasteiger charge is 2.27. The number of benzene rings is 2. The molecule has 0 bridgehead atoms. The number of nitrogens with one attached hydrogen (secondary N) is 1. The van der Waals surface area contributed by atoms with Gasteiger partial charge in [0.15, 0.2) is 5.13 Å². The summed E-state index contributed by atoms with van der Waals surface area (Å²) < 4.78 is 26.7. The van der Waals surface area contributed by atoms with Crippen LogP contribution in [0.3, 0.4) is 0 Å². The minimum Gasteiger partial charge on any atom is -0.298 e. The molecule has 0 aliphatic carbocycles. The van der Waals surface area contributed by atoms with E-state index < -0.39 is 10.0 Å². The number of aromatic nitrogens is 1. The van der Waals surface area contributed by atoms with Crippen LogP contribution in [0.5, 0.6) is 0 Å². The van der Waals surface area contributed by atoms with Gasteiger partial charge in [-0.1, -0.05) is 31.2 Å². The molecule has 0 spiro atoms. The largest absolute Gasteiger partial charge is 0.298 e. The maximum absolute atomic E-state index is 12.6. The zero-order valence-corrected chi connectivity index (χ0v) is 18.3. The Morgan fingerprint density at radius 2 is 1.73 bits per heavy atom. The molecule has 0 radical (unpaired) electrons. The van der Waals surface area contributed by atoms with Crippen molar-refractivity contribution in [3.8, 4) is 11.3 Å². The standard InChI is InChI=1S/C22H23N3O3S2/c1-2-16-5-7-17(8-6-16)20-15-29-22(23-20)24-21(26)18-9-11-19(12-10-18)30(27,28)25-13-3-4-14-25/h5-12,15H,2-4,13-14H2,1H3,(H,23,24,26). The molecule has 3 aromatic rings. The van der Waals surface area contributed by atoms with Crippen molar-refractivity contribution >= 4 is 32.4 Å². The number of rotatable bonds is 6. The first-order valence-corrected chi connectivity index (χ1v) is 12.3. The lowest BCUT2D eigenvalue weighted by atomic mass is 10.1. The molecule has 0 atom stereocenters. The second kappa shape index (κ2) is 8.67. The molecule has 8 heteroatoms. The molecule has 1 fully saturated rings. The normalized spacial score (nSPS) is 14.7. The van der Waals surface area contributed by atoms with E-state index >= 15 is 0 Å². The van der Waals surface area contributed by atoms with Crippen molar-refractivity contribution in [3.63, 3.8) is 0 Å². The number of nitrogens with zero attached hydrogens (tertiary/aromatic N) is 2. The lowest BCUT2D eigenvalue weighted by Crippen LogP contribution is -2.27. The van der Waals surface area contributed by atoms with Crippen LogP contribution >= 0.6 is 11.3 Å². The zero-order chi connectivity index (χ0) is 21.1. The van der Waals surface area contributed by atoms with Crippen LogP contribution < -0.4 is 5.32 Å². The molecule has 1 aliphatic rings. The fourth-order valence-electron chi connectivity index (χ4n) is 3.40. The lowest BCUT2D eigenvalue weighted by molar-refractivity contribution is 0.102. The van der Waals surface area contributed by atoms with E-state index in [-0.39, 0.29) is 10.8 Å². The van der Waals surface area contributed by atoms with Gasteiger partial charge in [-0.25, -0.2) is 13.4 Å². The monoisotopic (exact) mass is 441 g/mol. The molecule has 1 aliphatic heterocycles. The van der Waals surface area contributed by atoms with Gasteiger partial charge in [-0.15, -0.1) is 11.3 Å². The van der Waals surface area contributed by atoms with E-state index in [4.69, 9.17) is 0 Å². The first-order chi connectivity index (χ1) is 14.5. The average Bonchev–Trinajstić information content (AvgIpc) is 3.47. The number of aryl methyl sites for hydroxylation is 1.